The number of hydrogen-bond donors (Lipinski definition) is 1. The van der Waals surface area contributed by atoms with Crippen LogP contribution in [0.2, 0.25) is 5.02 Å². The van der Waals surface area contributed by atoms with Gasteiger partial charge in [-0.2, -0.15) is 5.10 Å². The molecule has 0 saturated carbocycles. The van der Waals surface area contributed by atoms with Gasteiger partial charge in [0.2, 0.25) is 10.0 Å². The normalized spacial score (nSPS) is 11.6. The fourth-order valence-corrected chi connectivity index (χ4v) is 4.22. The van der Waals surface area contributed by atoms with Crippen molar-refractivity contribution in [2.45, 2.75) is 25.3 Å². The van der Waals surface area contributed by atoms with E-state index in [9.17, 15) is 8.42 Å². The minimum atomic E-state index is -3.68. The highest BCUT2D eigenvalue weighted by atomic mass is 35.5. The van der Waals surface area contributed by atoms with Gasteiger partial charge in [-0.3, -0.25) is 0 Å². The van der Waals surface area contributed by atoms with Crippen LogP contribution in [0.4, 0.5) is 0 Å². The Hall–Kier alpha value is -2.15. The van der Waals surface area contributed by atoms with Gasteiger partial charge in [0.15, 0.2) is 0 Å². The van der Waals surface area contributed by atoms with E-state index in [1.165, 1.54) is 0 Å². The average Bonchev–Trinajstić information content (AvgIpc) is 2.90. The molecule has 0 fully saturated rings. The van der Waals surface area contributed by atoms with Gasteiger partial charge in [-0.25, -0.2) is 17.8 Å². The summed E-state index contributed by atoms with van der Waals surface area (Å²) in [7, 11) is -3.68. The van der Waals surface area contributed by atoms with Crippen LogP contribution in [0.1, 0.15) is 17.0 Å². The quantitative estimate of drug-likeness (QED) is 0.740. The second-order valence-corrected chi connectivity index (χ2v) is 7.84. The molecule has 0 unspecified atom stereocenters. The first kappa shape index (κ1) is 17.7. The van der Waals surface area contributed by atoms with Crippen molar-refractivity contribution in [2.24, 2.45) is 0 Å². The van der Waals surface area contributed by atoms with Crippen LogP contribution in [0.3, 0.4) is 0 Å². The van der Waals surface area contributed by atoms with Gasteiger partial charge in [0.25, 0.3) is 0 Å². The largest absolute Gasteiger partial charge is 0.244 e. The zero-order valence-electron chi connectivity index (χ0n) is 13.9. The SMILES string of the molecule is Cc1nn(-c2ccccc2)c(C)c1S(=O)(=O)NCc1ccc(Cl)cc1. The smallest absolute Gasteiger partial charge is 0.236 e. The van der Waals surface area contributed by atoms with E-state index in [1.807, 2.05) is 30.3 Å². The summed E-state index contributed by atoms with van der Waals surface area (Å²) in [6.07, 6.45) is 0. The number of benzene rings is 2. The van der Waals surface area contributed by atoms with Crippen molar-refractivity contribution >= 4 is 21.6 Å². The summed E-state index contributed by atoms with van der Waals surface area (Å²) in [5.41, 5.74) is 2.69. The Morgan fingerprint density at radius 3 is 2.32 bits per heavy atom. The third kappa shape index (κ3) is 3.76. The van der Waals surface area contributed by atoms with E-state index in [2.05, 4.69) is 9.82 Å². The molecule has 0 radical (unpaired) electrons. The number of sulfonamides is 1. The molecule has 2 aromatic carbocycles. The molecule has 130 valence electrons. The molecule has 3 aromatic rings. The second kappa shape index (κ2) is 7.00. The number of rotatable bonds is 5. The summed E-state index contributed by atoms with van der Waals surface area (Å²) in [5.74, 6) is 0. The Morgan fingerprint density at radius 1 is 1.04 bits per heavy atom. The molecule has 5 nitrogen and oxygen atoms in total. The summed E-state index contributed by atoms with van der Waals surface area (Å²) >= 11 is 5.85. The van der Waals surface area contributed by atoms with Crippen molar-refractivity contribution in [2.75, 3.05) is 0 Å². The molecule has 0 atom stereocenters. The average molecular weight is 376 g/mol. The lowest BCUT2D eigenvalue weighted by atomic mass is 10.2. The minimum absolute atomic E-state index is 0.189. The topological polar surface area (TPSA) is 64.0 Å². The Morgan fingerprint density at radius 2 is 1.68 bits per heavy atom. The van der Waals surface area contributed by atoms with Gasteiger partial charge < -0.3 is 0 Å². The lowest BCUT2D eigenvalue weighted by Crippen LogP contribution is -2.24. The zero-order valence-corrected chi connectivity index (χ0v) is 15.5. The van der Waals surface area contributed by atoms with E-state index >= 15 is 0 Å². The Kier molecular flexibility index (Phi) is 4.94. The monoisotopic (exact) mass is 375 g/mol. The summed E-state index contributed by atoms with van der Waals surface area (Å²) < 4.78 is 29.8. The predicted octanol–water partition coefficient (Wildman–Crippen LogP) is 3.62. The van der Waals surface area contributed by atoms with Crippen molar-refractivity contribution in [1.29, 1.82) is 0 Å². The highest BCUT2D eigenvalue weighted by Crippen LogP contribution is 2.22. The van der Waals surface area contributed by atoms with Crippen LogP contribution in [0.15, 0.2) is 59.5 Å². The molecule has 3 rings (SSSR count). The summed E-state index contributed by atoms with van der Waals surface area (Å²) in [4.78, 5) is 0.213. The van der Waals surface area contributed by atoms with Crippen LogP contribution in [-0.4, -0.2) is 18.2 Å². The third-order valence-electron chi connectivity index (χ3n) is 3.87. The number of nitrogens with zero attached hydrogens (tertiary/aromatic N) is 2. The van der Waals surface area contributed by atoms with Crippen LogP contribution in [-0.2, 0) is 16.6 Å². The first-order chi connectivity index (χ1) is 11.9. The minimum Gasteiger partial charge on any atom is -0.236 e. The highest BCUT2D eigenvalue weighted by Gasteiger charge is 2.24. The van der Waals surface area contributed by atoms with Gasteiger partial charge in [0.1, 0.15) is 4.90 Å². The van der Waals surface area contributed by atoms with Crippen LogP contribution in [0, 0.1) is 13.8 Å². The van der Waals surface area contributed by atoms with Crippen molar-refractivity contribution in [3.05, 3.63) is 76.6 Å². The second-order valence-electron chi connectivity index (χ2n) is 5.70. The van der Waals surface area contributed by atoms with Crippen LogP contribution in [0.5, 0.6) is 0 Å². The van der Waals surface area contributed by atoms with Gasteiger partial charge in [-0.15, -0.1) is 0 Å². The predicted molar refractivity (Wildman–Crippen MR) is 98.5 cm³/mol. The molecule has 7 heteroatoms. The van der Waals surface area contributed by atoms with Crippen LogP contribution in [0.25, 0.3) is 5.69 Å². The Labute approximate surface area is 152 Å². The molecule has 0 bridgehead atoms. The lowest BCUT2D eigenvalue weighted by molar-refractivity contribution is 0.580. The molecule has 25 heavy (non-hydrogen) atoms. The molecule has 0 spiro atoms. The summed E-state index contributed by atoms with van der Waals surface area (Å²) in [5, 5.41) is 5.01. The molecule has 1 N–H and O–H groups in total. The van der Waals surface area contributed by atoms with E-state index < -0.39 is 10.0 Å². The van der Waals surface area contributed by atoms with Crippen molar-refractivity contribution in [1.82, 2.24) is 14.5 Å². The first-order valence-electron chi connectivity index (χ1n) is 7.74. The maximum atomic E-state index is 12.8. The maximum absolute atomic E-state index is 12.8. The molecular weight excluding hydrogens is 358 g/mol. The number of aromatic nitrogens is 2. The Bertz CT molecular complexity index is 981. The number of halogens is 1. The molecule has 0 aliphatic carbocycles. The highest BCUT2D eigenvalue weighted by molar-refractivity contribution is 7.89. The molecule has 1 aromatic heterocycles. The van der Waals surface area contributed by atoms with Gasteiger partial charge >= 0.3 is 0 Å². The number of para-hydroxylation sites is 1. The zero-order chi connectivity index (χ0) is 18.0. The van der Waals surface area contributed by atoms with E-state index in [-0.39, 0.29) is 11.4 Å². The van der Waals surface area contributed by atoms with Crippen molar-refractivity contribution in [3.63, 3.8) is 0 Å². The molecule has 0 saturated heterocycles. The Balaban J connectivity index is 1.90. The van der Waals surface area contributed by atoms with Crippen LogP contribution >= 0.6 is 11.6 Å². The standard InChI is InChI=1S/C18H18ClN3O2S/c1-13-18(14(2)22(21-13)17-6-4-3-5-7-17)25(23,24)20-12-15-8-10-16(19)11-9-15/h3-11,20H,12H2,1-2H3. The number of aryl methyl sites for hydroxylation is 1. The van der Waals surface area contributed by atoms with Crippen molar-refractivity contribution < 1.29 is 8.42 Å². The number of nitrogens with one attached hydrogen (secondary N) is 1. The summed E-state index contributed by atoms with van der Waals surface area (Å²) in [6.45, 7) is 3.64. The van der Waals surface area contributed by atoms with Gasteiger partial charge in [-0.1, -0.05) is 41.9 Å². The molecule has 0 amide bonds. The maximum Gasteiger partial charge on any atom is 0.244 e. The first-order valence-corrected chi connectivity index (χ1v) is 9.60. The fraction of sp³-hybridized carbons (Fsp3) is 0.167. The van der Waals surface area contributed by atoms with E-state index in [0.29, 0.717) is 16.4 Å². The van der Waals surface area contributed by atoms with E-state index in [4.69, 9.17) is 11.6 Å². The molecule has 1 heterocycles. The van der Waals surface area contributed by atoms with E-state index in [1.54, 1.807) is 42.8 Å². The number of hydrogen-bond acceptors (Lipinski definition) is 3. The van der Waals surface area contributed by atoms with E-state index in [0.717, 1.165) is 11.3 Å². The van der Waals surface area contributed by atoms with Gasteiger partial charge in [-0.05, 0) is 43.7 Å². The molecule has 0 aliphatic rings. The van der Waals surface area contributed by atoms with Gasteiger partial charge in [0.05, 0.1) is 17.1 Å². The van der Waals surface area contributed by atoms with Gasteiger partial charge in [0, 0.05) is 11.6 Å². The van der Waals surface area contributed by atoms with Crippen LogP contribution < -0.4 is 4.72 Å². The third-order valence-corrected chi connectivity index (χ3v) is 5.78. The molecular formula is C18H18ClN3O2S. The van der Waals surface area contributed by atoms with Crippen molar-refractivity contribution in [3.8, 4) is 5.69 Å². The lowest BCUT2D eigenvalue weighted by Gasteiger charge is -2.08. The summed E-state index contributed by atoms with van der Waals surface area (Å²) in [6, 6.07) is 16.5. The molecule has 0 aliphatic heterocycles. The fourth-order valence-electron chi connectivity index (χ4n) is 2.69.